The number of carbonyl (C=O) groups excluding carboxylic acids is 1. The van der Waals surface area contributed by atoms with Crippen LogP contribution in [0, 0.1) is 0 Å². The maximum Gasteiger partial charge on any atom is 0.258 e. The Hall–Kier alpha value is -3.67. The van der Waals surface area contributed by atoms with E-state index in [1.807, 2.05) is 79.7 Å². The highest BCUT2D eigenvalue weighted by Gasteiger charge is 2.17. The average molecular weight is 390 g/mol. The number of carbonyl (C=O) groups is 1. The molecule has 0 saturated carbocycles. The molecule has 0 radical (unpaired) electrons. The first-order valence-corrected chi connectivity index (χ1v) is 9.41. The summed E-state index contributed by atoms with van der Waals surface area (Å²) in [5.74, 6) is 1.86. The van der Waals surface area contributed by atoms with Gasteiger partial charge in [0.1, 0.15) is 5.75 Å². The molecule has 0 aromatic heterocycles. The van der Waals surface area contributed by atoms with Crippen molar-refractivity contribution in [2.45, 2.75) is 13.0 Å². The first kappa shape index (κ1) is 18.7. The highest BCUT2D eigenvalue weighted by molar-refractivity contribution is 5.78. The molecule has 1 atom stereocenters. The first-order chi connectivity index (χ1) is 14.2. The van der Waals surface area contributed by atoms with Crippen LogP contribution in [-0.4, -0.2) is 19.3 Å². The van der Waals surface area contributed by atoms with E-state index in [1.54, 1.807) is 0 Å². The minimum atomic E-state index is -0.193. The third-order valence-corrected chi connectivity index (χ3v) is 4.56. The van der Waals surface area contributed by atoms with Crippen LogP contribution in [0.25, 0.3) is 0 Å². The second-order valence-electron chi connectivity index (χ2n) is 6.71. The molecule has 1 amide bonds. The molecular formula is C23H22N2O4. The van der Waals surface area contributed by atoms with Gasteiger partial charge in [-0.3, -0.25) is 4.79 Å². The molecule has 1 aliphatic heterocycles. The summed E-state index contributed by atoms with van der Waals surface area (Å²) in [6.07, 6.45) is 0. The number of rotatable bonds is 7. The maximum absolute atomic E-state index is 12.2. The van der Waals surface area contributed by atoms with Crippen LogP contribution in [0.2, 0.25) is 0 Å². The molecule has 1 heterocycles. The number of benzene rings is 3. The van der Waals surface area contributed by atoms with Crippen molar-refractivity contribution >= 4 is 17.3 Å². The standard InChI is InChI=1S/C23H22N2O4/c1-16(17-7-12-21-22(13-17)29-15-28-21)24-23(26)14-27-20-10-8-19(9-11-20)25-18-5-3-2-4-6-18/h2-13,16,25H,14-15H2,1H3,(H,24,26). The average Bonchev–Trinajstić information content (AvgIpc) is 3.22. The van der Waals surface area contributed by atoms with Crippen LogP contribution in [-0.2, 0) is 4.79 Å². The van der Waals surface area contributed by atoms with Gasteiger partial charge in [0.2, 0.25) is 6.79 Å². The Bertz CT molecular complexity index is 974. The van der Waals surface area contributed by atoms with Gasteiger partial charge in [0.05, 0.1) is 6.04 Å². The van der Waals surface area contributed by atoms with Crippen molar-refractivity contribution in [3.63, 3.8) is 0 Å². The molecule has 0 spiro atoms. The molecule has 0 aliphatic carbocycles. The zero-order chi connectivity index (χ0) is 20.1. The molecule has 0 bridgehead atoms. The van der Waals surface area contributed by atoms with Gasteiger partial charge in [0.15, 0.2) is 18.1 Å². The molecule has 4 rings (SSSR count). The largest absolute Gasteiger partial charge is 0.484 e. The van der Waals surface area contributed by atoms with E-state index in [0.29, 0.717) is 11.5 Å². The smallest absolute Gasteiger partial charge is 0.258 e. The third-order valence-electron chi connectivity index (χ3n) is 4.56. The molecule has 0 fully saturated rings. The van der Waals surface area contributed by atoms with E-state index in [0.717, 1.165) is 22.7 Å². The summed E-state index contributed by atoms with van der Waals surface area (Å²) in [5, 5.41) is 6.23. The number of ether oxygens (including phenoxy) is 3. The number of amides is 1. The summed E-state index contributed by atoms with van der Waals surface area (Å²) in [6, 6.07) is 22.9. The van der Waals surface area contributed by atoms with Crippen molar-refractivity contribution in [3.05, 3.63) is 78.4 Å². The third kappa shape index (κ3) is 4.79. The maximum atomic E-state index is 12.2. The van der Waals surface area contributed by atoms with E-state index in [1.165, 1.54) is 0 Å². The lowest BCUT2D eigenvalue weighted by Gasteiger charge is -2.15. The fourth-order valence-electron chi connectivity index (χ4n) is 3.02. The lowest BCUT2D eigenvalue weighted by atomic mass is 10.1. The van der Waals surface area contributed by atoms with Crippen molar-refractivity contribution < 1.29 is 19.0 Å². The minimum Gasteiger partial charge on any atom is -0.484 e. The molecule has 3 aromatic rings. The Morgan fingerprint density at radius 3 is 2.48 bits per heavy atom. The zero-order valence-electron chi connectivity index (χ0n) is 16.1. The number of hydrogen-bond donors (Lipinski definition) is 2. The summed E-state index contributed by atoms with van der Waals surface area (Å²) < 4.78 is 16.3. The monoisotopic (exact) mass is 390 g/mol. The summed E-state index contributed by atoms with van der Waals surface area (Å²) >= 11 is 0. The molecule has 6 nitrogen and oxygen atoms in total. The second kappa shape index (κ2) is 8.56. The van der Waals surface area contributed by atoms with Gasteiger partial charge in [-0.15, -0.1) is 0 Å². The van der Waals surface area contributed by atoms with Crippen LogP contribution in [0.15, 0.2) is 72.8 Å². The summed E-state index contributed by atoms with van der Waals surface area (Å²) in [5.41, 5.74) is 2.90. The number of hydrogen-bond acceptors (Lipinski definition) is 5. The van der Waals surface area contributed by atoms with E-state index in [4.69, 9.17) is 14.2 Å². The number of nitrogens with one attached hydrogen (secondary N) is 2. The first-order valence-electron chi connectivity index (χ1n) is 9.41. The lowest BCUT2D eigenvalue weighted by Crippen LogP contribution is -2.31. The highest BCUT2D eigenvalue weighted by atomic mass is 16.7. The van der Waals surface area contributed by atoms with E-state index < -0.39 is 0 Å². The Morgan fingerprint density at radius 2 is 1.69 bits per heavy atom. The molecule has 6 heteroatoms. The molecule has 1 aliphatic rings. The van der Waals surface area contributed by atoms with Gasteiger partial charge in [0, 0.05) is 11.4 Å². The quantitative estimate of drug-likeness (QED) is 0.625. The Balaban J connectivity index is 1.27. The predicted molar refractivity (Wildman–Crippen MR) is 111 cm³/mol. The molecule has 0 saturated heterocycles. The number of anilines is 2. The molecule has 3 aromatic carbocycles. The summed E-state index contributed by atoms with van der Waals surface area (Å²) in [6.45, 7) is 2.09. The van der Waals surface area contributed by atoms with Crippen LogP contribution >= 0.6 is 0 Å². The van der Waals surface area contributed by atoms with Crippen molar-refractivity contribution in [2.75, 3.05) is 18.7 Å². The zero-order valence-corrected chi connectivity index (χ0v) is 16.1. The van der Waals surface area contributed by atoms with Crippen molar-refractivity contribution in [1.29, 1.82) is 0 Å². The van der Waals surface area contributed by atoms with Gasteiger partial charge in [-0.1, -0.05) is 24.3 Å². The Morgan fingerprint density at radius 1 is 0.966 bits per heavy atom. The van der Waals surface area contributed by atoms with Gasteiger partial charge in [0.25, 0.3) is 5.91 Å². The Kier molecular flexibility index (Phi) is 5.52. The van der Waals surface area contributed by atoms with Crippen molar-refractivity contribution in [2.24, 2.45) is 0 Å². The highest BCUT2D eigenvalue weighted by Crippen LogP contribution is 2.34. The van der Waals surface area contributed by atoms with E-state index in [9.17, 15) is 4.79 Å². The topological polar surface area (TPSA) is 68.8 Å². The normalized spacial score (nSPS) is 12.9. The molecule has 1 unspecified atom stereocenters. The lowest BCUT2D eigenvalue weighted by molar-refractivity contribution is -0.123. The molecular weight excluding hydrogens is 368 g/mol. The fourth-order valence-corrected chi connectivity index (χ4v) is 3.02. The minimum absolute atomic E-state index is 0.0552. The van der Waals surface area contributed by atoms with Crippen LogP contribution < -0.4 is 24.8 Å². The summed E-state index contributed by atoms with van der Waals surface area (Å²) in [7, 11) is 0. The van der Waals surface area contributed by atoms with E-state index in [-0.39, 0.29) is 25.3 Å². The fraction of sp³-hybridized carbons (Fsp3) is 0.174. The van der Waals surface area contributed by atoms with Gasteiger partial charge in [-0.2, -0.15) is 0 Å². The molecule has 29 heavy (non-hydrogen) atoms. The van der Waals surface area contributed by atoms with Crippen LogP contribution in [0.3, 0.4) is 0 Å². The van der Waals surface area contributed by atoms with Crippen LogP contribution in [0.1, 0.15) is 18.5 Å². The van der Waals surface area contributed by atoms with Gasteiger partial charge in [-0.25, -0.2) is 0 Å². The summed E-state index contributed by atoms with van der Waals surface area (Å²) in [4.78, 5) is 12.2. The number of para-hydroxylation sites is 1. The van der Waals surface area contributed by atoms with Crippen molar-refractivity contribution in [1.82, 2.24) is 5.32 Å². The Labute approximate surface area is 169 Å². The number of fused-ring (bicyclic) bond motifs is 1. The van der Waals surface area contributed by atoms with Crippen LogP contribution in [0.4, 0.5) is 11.4 Å². The van der Waals surface area contributed by atoms with Gasteiger partial charge in [-0.05, 0) is 61.0 Å². The van der Waals surface area contributed by atoms with E-state index >= 15 is 0 Å². The van der Waals surface area contributed by atoms with E-state index in [2.05, 4.69) is 10.6 Å². The SMILES string of the molecule is CC(NC(=O)COc1ccc(Nc2ccccc2)cc1)c1ccc2c(c1)OCO2. The second-order valence-corrected chi connectivity index (χ2v) is 6.71. The van der Waals surface area contributed by atoms with Gasteiger partial charge < -0.3 is 24.8 Å². The molecule has 2 N–H and O–H groups in total. The van der Waals surface area contributed by atoms with Gasteiger partial charge >= 0.3 is 0 Å². The molecule has 148 valence electrons. The predicted octanol–water partition coefficient (Wildman–Crippen LogP) is 4.42. The van der Waals surface area contributed by atoms with Crippen molar-refractivity contribution in [3.8, 4) is 17.2 Å². The van der Waals surface area contributed by atoms with Crippen LogP contribution in [0.5, 0.6) is 17.2 Å².